The predicted molar refractivity (Wildman–Crippen MR) is 103 cm³/mol. The molecule has 1 aromatic heterocycles. The lowest BCUT2D eigenvalue weighted by Crippen LogP contribution is -2.27. The SMILES string of the molecule is Cc1cc([N+](=O)[O-])nn1CCNC(=O)c1ccc(COc2c(F)c(F)cc(F)c2F)cc1. The molecule has 0 aliphatic rings. The summed E-state index contributed by atoms with van der Waals surface area (Å²) < 4.78 is 59.9. The Labute approximate surface area is 178 Å². The van der Waals surface area contributed by atoms with Crippen molar-refractivity contribution in [3.05, 3.63) is 86.6 Å². The second-order valence-corrected chi connectivity index (χ2v) is 6.66. The van der Waals surface area contributed by atoms with Gasteiger partial charge in [-0.05, 0) is 29.5 Å². The maximum Gasteiger partial charge on any atom is 0.390 e. The van der Waals surface area contributed by atoms with E-state index < -0.39 is 46.5 Å². The van der Waals surface area contributed by atoms with E-state index in [1.54, 1.807) is 6.92 Å². The summed E-state index contributed by atoms with van der Waals surface area (Å²) >= 11 is 0. The Morgan fingerprint density at radius 1 is 1.12 bits per heavy atom. The third-order valence-electron chi connectivity index (χ3n) is 4.44. The number of rotatable bonds is 8. The maximum atomic E-state index is 13.6. The molecule has 1 amide bonds. The molecule has 0 atom stereocenters. The van der Waals surface area contributed by atoms with Gasteiger partial charge in [0.2, 0.25) is 11.6 Å². The van der Waals surface area contributed by atoms with E-state index in [4.69, 9.17) is 4.74 Å². The van der Waals surface area contributed by atoms with Gasteiger partial charge in [-0.2, -0.15) is 13.5 Å². The van der Waals surface area contributed by atoms with E-state index >= 15 is 0 Å². The van der Waals surface area contributed by atoms with Gasteiger partial charge >= 0.3 is 5.82 Å². The quantitative estimate of drug-likeness (QED) is 0.243. The molecule has 1 heterocycles. The number of nitrogens with zero attached hydrogens (tertiary/aromatic N) is 3. The number of halogens is 4. The zero-order chi connectivity index (χ0) is 23.4. The molecule has 3 aromatic rings. The highest BCUT2D eigenvalue weighted by Gasteiger charge is 2.20. The molecule has 0 unspecified atom stereocenters. The summed E-state index contributed by atoms with van der Waals surface area (Å²) in [5.74, 6) is -8.32. The van der Waals surface area contributed by atoms with Crippen molar-refractivity contribution in [3.8, 4) is 5.75 Å². The monoisotopic (exact) mass is 452 g/mol. The molecule has 0 saturated carbocycles. The van der Waals surface area contributed by atoms with E-state index in [0.29, 0.717) is 11.3 Å². The van der Waals surface area contributed by atoms with Gasteiger partial charge in [-0.15, -0.1) is 0 Å². The summed E-state index contributed by atoms with van der Waals surface area (Å²) in [7, 11) is 0. The van der Waals surface area contributed by atoms with Gasteiger partial charge in [-0.3, -0.25) is 4.79 Å². The topological polar surface area (TPSA) is 99.3 Å². The fraction of sp³-hybridized carbons (Fsp3) is 0.200. The molecule has 32 heavy (non-hydrogen) atoms. The number of ether oxygens (including phenoxy) is 1. The van der Waals surface area contributed by atoms with Crippen LogP contribution in [-0.4, -0.2) is 27.2 Å². The number of aromatic nitrogens is 2. The molecule has 0 aliphatic carbocycles. The summed E-state index contributed by atoms with van der Waals surface area (Å²) in [6.45, 7) is 1.64. The van der Waals surface area contributed by atoms with Crippen molar-refractivity contribution in [2.75, 3.05) is 6.54 Å². The maximum absolute atomic E-state index is 13.6. The van der Waals surface area contributed by atoms with Crippen molar-refractivity contribution in [1.29, 1.82) is 0 Å². The fourth-order valence-corrected chi connectivity index (χ4v) is 2.77. The number of nitro groups is 1. The fourth-order valence-electron chi connectivity index (χ4n) is 2.77. The zero-order valence-electron chi connectivity index (χ0n) is 16.6. The second-order valence-electron chi connectivity index (χ2n) is 6.66. The van der Waals surface area contributed by atoms with Crippen LogP contribution in [0.15, 0.2) is 36.4 Å². The highest BCUT2D eigenvalue weighted by Crippen LogP contribution is 2.27. The minimum atomic E-state index is -1.64. The van der Waals surface area contributed by atoms with Gasteiger partial charge in [0.25, 0.3) is 5.91 Å². The van der Waals surface area contributed by atoms with Crippen LogP contribution >= 0.6 is 0 Å². The van der Waals surface area contributed by atoms with Crippen LogP contribution in [0, 0.1) is 40.3 Å². The van der Waals surface area contributed by atoms with Crippen molar-refractivity contribution in [2.45, 2.75) is 20.1 Å². The molecule has 0 aliphatic heterocycles. The van der Waals surface area contributed by atoms with Crippen LogP contribution in [0.2, 0.25) is 0 Å². The molecule has 12 heteroatoms. The van der Waals surface area contributed by atoms with Gasteiger partial charge in [-0.1, -0.05) is 12.1 Å². The lowest BCUT2D eigenvalue weighted by Gasteiger charge is -2.10. The molecule has 168 valence electrons. The normalized spacial score (nSPS) is 10.8. The van der Waals surface area contributed by atoms with E-state index in [9.17, 15) is 32.5 Å². The number of amides is 1. The summed E-state index contributed by atoms with van der Waals surface area (Å²) in [6.07, 6.45) is 0. The number of aryl methyl sites for hydroxylation is 1. The average molecular weight is 452 g/mol. The molecule has 0 saturated heterocycles. The van der Waals surface area contributed by atoms with Crippen molar-refractivity contribution >= 4 is 11.7 Å². The molecule has 0 bridgehead atoms. The van der Waals surface area contributed by atoms with E-state index in [-0.39, 0.29) is 30.5 Å². The van der Waals surface area contributed by atoms with E-state index in [1.807, 2.05) is 0 Å². The van der Waals surface area contributed by atoms with Crippen LogP contribution in [0.5, 0.6) is 5.75 Å². The van der Waals surface area contributed by atoms with Crippen LogP contribution in [0.25, 0.3) is 0 Å². The summed E-state index contributed by atoms with van der Waals surface area (Å²) in [5, 5.41) is 17.2. The van der Waals surface area contributed by atoms with Crippen molar-refractivity contribution in [1.82, 2.24) is 15.1 Å². The Morgan fingerprint density at radius 2 is 1.75 bits per heavy atom. The predicted octanol–water partition coefficient (Wildman–Crippen LogP) is 3.67. The largest absolute Gasteiger partial charge is 0.483 e. The smallest absolute Gasteiger partial charge is 0.390 e. The summed E-state index contributed by atoms with van der Waals surface area (Å²) in [5.41, 5.74) is 1.23. The highest BCUT2D eigenvalue weighted by molar-refractivity contribution is 5.94. The van der Waals surface area contributed by atoms with Crippen LogP contribution in [0.1, 0.15) is 21.6 Å². The highest BCUT2D eigenvalue weighted by atomic mass is 19.2. The Bertz CT molecular complexity index is 1140. The number of hydrogen-bond acceptors (Lipinski definition) is 5. The Balaban J connectivity index is 1.55. The summed E-state index contributed by atoms with van der Waals surface area (Å²) in [6, 6.07) is 7.15. The lowest BCUT2D eigenvalue weighted by atomic mass is 10.1. The minimum Gasteiger partial charge on any atom is -0.483 e. The number of hydrogen-bond donors (Lipinski definition) is 1. The molecular weight excluding hydrogens is 436 g/mol. The Kier molecular flexibility index (Phi) is 6.71. The molecular formula is C20H16F4N4O4. The summed E-state index contributed by atoms with van der Waals surface area (Å²) in [4.78, 5) is 22.3. The van der Waals surface area contributed by atoms with Crippen LogP contribution in [0.3, 0.4) is 0 Å². The van der Waals surface area contributed by atoms with Crippen molar-refractivity contribution in [2.24, 2.45) is 0 Å². The van der Waals surface area contributed by atoms with Gasteiger partial charge in [0.15, 0.2) is 17.4 Å². The minimum absolute atomic E-state index is 0.0832. The number of carbonyl (C=O) groups is 1. The third kappa shape index (κ3) is 5.02. The number of benzene rings is 2. The van der Waals surface area contributed by atoms with Crippen molar-refractivity contribution in [3.63, 3.8) is 0 Å². The van der Waals surface area contributed by atoms with Gasteiger partial charge in [-0.25, -0.2) is 8.78 Å². The van der Waals surface area contributed by atoms with Crippen molar-refractivity contribution < 1.29 is 32.0 Å². The van der Waals surface area contributed by atoms with Crippen LogP contribution in [-0.2, 0) is 13.2 Å². The van der Waals surface area contributed by atoms with E-state index in [1.165, 1.54) is 35.0 Å². The first-order chi connectivity index (χ1) is 15.2. The van der Waals surface area contributed by atoms with E-state index in [0.717, 1.165) is 0 Å². The standard InChI is InChI=1S/C20H16F4N4O4/c1-11-8-16(28(30)31)26-27(11)7-6-25-20(29)13-4-2-12(3-5-13)10-32-19-17(23)14(21)9-15(22)18(19)24/h2-5,8-9H,6-7,10H2,1H3,(H,25,29). The van der Waals surface area contributed by atoms with E-state index in [2.05, 4.69) is 10.4 Å². The molecule has 0 fully saturated rings. The first-order valence-corrected chi connectivity index (χ1v) is 9.19. The zero-order valence-corrected chi connectivity index (χ0v) is 16.6. The van der Waals surface area contributed by atoms with Crippen LogP contribution < -0.4 is 10.1 Å². The number of nitrogens with one attached hydrogen (secondary N) is 1. The Morgan fingerprint density at radius 3 is 2.31 bits per heavy atom. The molecule has 8 nitrogen and oxygen atoms in total. The first kappa shape index (κ1) is 22.7. The van der Waals surface area contributed by atoms with Gasteiger partial charge < -0.3 is 20.2 Å². The Hall–Kier alpha value is -3.96. The van der Waals surface area contributed by atoms with Gasteiger partial charge in [0.1, 0.15) is 6.61 Å². The van der Waals surface area contributed by atoms with Gasteiger partial charge in [0.05, 0.1) is 23.4 Å². The van der Waals surface area contributed by atoms with Crippen LogP contribution in [0.4, 0.5) is 23.4 Å². The average Bonchev–Trinajstić information content (AvgIpc) is 3.13. The van der Waals surface area contributed by atoms with Gasteiger partial charge in [0, 0.05) is 18.2 Å². The first-order valence-electron chi connectivity index (χ1n) is 9.19. The molecule has 0 spiro atoms. The number of carbonyl (C=O) groups excluding carboxylic acids is 1. The second kappa shape index (κ2) is 9.45. The third-order valence-corrected chi connectivity index (χ3v) is 4.44. The molecule has 3 rings (SSSR count). The lowest BCUT2D eigenvalue weighted by molar-refractivity contribution is -0.389. The molecule has 2 aromatic carbocycles. The molecule has 0 radical (unpaired) electrons. The molecule has 1 N–H and O–H groups in total.